The summed E-state index contributed by atoms with van der Waals surface area (Å²) in [5.41, 5.74) is 5.65. The van der Waals surface area contributed by atoms with Gasteiger partial charge in [0.25, 0.3) is 0 Å². The first-order valence-corrected chi connectivity index (χ1v) is 4.43. The predicted molar refractivity (Wildman–Crippen MR) is 50.9 cm³/mol. The molecule has 1 aromatic heterocycles. The molecule has 2 rings (SSSR count). The fourth-order valence-electron chi connectivity index (χ4n) is 1.21. The van der Waals surface area contributed by atoms with Gasteiger partial charge in [-0.2, -0.15) is 0 Å². The number of aryl methyl sites for hydroxylation is 1. The van der Waals surface area contributed by atoms with E-state index < -0.39 is 0 Å². The van der Waals surface area contributed by atoms with Gasteiger partial charge in [0.1, 0.15) is 5.82 Å². The summed E-state index contributed by atoms with van der Waals surface area (Å²) in [4.78, 5) is 1.18. The summed E-state index contributed by atoms with van der Waals surface area (Å²) in [7, 11) is 0. The van der Waals surface area contributed by atoms with Gasteiger partial charge in [-0.25, -0.2) is 4.39 Å². The molecule has 62 valence electrons. The van der Waals surface area contributed by atoms with Crippen LogP contribution in [0, 0.1) is 12.7 Å². The Morgan fingerprint density at radius 2 is 2.08 bits per heavy atom. The minimum absolute atomic E-state index is 0.226. The molecule has 0 atom stereocenters. The third-order valence-electron chi connectivity index (χ3n) is 1.76. The Labute approximate surface area is 73.6 Å². The highest BCUT2D eigenvalue weighted by molar-refractivity contribution is 7.19. The molecule has 0 radical (unpaired) electrons. The third-order valence-corrected chi connectivity index (χ3v) is 2.77. The molecule has 0 fully saturated rings. The fraction of sp³-hybridized carbons (Fsp3) is 0.111. The summed E-state index contributed by atoms with van der Waals surface area (Å²) in [5.74, 6) is -0.333. The van der Waals surface area contributed by atoms with Crippen molar-refractivity contribution in [3.8, 4) is 0 Å². The minimum atomic E-state index is -0.333. The minimum Gasteiger partial charge on any atom is -0.396 e. The molecule has 0 saturated heterocycles. The van der Waals surface area contributed by atoms with Crippen LogP contribution < -0.4 is 5.73 Å². The van der Waals surface area contributed by atoms with Gasteiger partial charge in [0.15, 0.2) is 0 Å². The Morgan fingerprint density at radius 3 is 2.83 bits per heavy atom. The Balaban J connectivity index is 2.83. The first kappa shape index (κ1) is 7.55. The van der Waals surface area contributed by atoms with Crippen molar-refractivity contribution in [2.75, 3.05) is 5.73 Å². The van der Waals surface area contributed by atoms with Crippen LogP contribution in [0.4, 0.5) is 10.1 Å². The van der Waals surface area contributed by atoms with E-state index in [0.29, 0.717) is 0 Å². The zero-order valence-electron chi connectivity index (χ0n) is 6.60. The molecule has 1 aromatic carbocycles. The second-order valence-electron chi connectivity index (χ2n) is 2.77. The number of thiophene rings is 1. The Kier molecular flexibility index (Phi) is 1.54. The normalized spacial score (nSPS) is 10.8. The van der Waals surface area contributed by atoms with Crippen LogP contribution >= 0.6 is 11.3 Å². The van der Waals surface area contributed by atoms with Crippen LogP contribution in [0.3, 0.4) is 0 Å². The number of hydrogen-bond donors (Lipinski definition) is 1. The number of anilines is 1. The van der Waals surface area contributed by atoms with Crippen molar-refractivity contribution in [1.82, 2.24) is 0 Å². The van der Waals surface area contributed by atoms with Gasteiger partial charge in [0.2, 0.25) is 0 Å². The lowest BCUT2D eigenvalue weighted by molar-refractivity contribution is 0.634. The Hall–Kier alpha value is -1.09. The number of nitrogens with two attached hydrogens (primary N) is 1. The van der Waals surface area contributed by atoms with Crippen molar-refractivity contribution in [1.29, 1.82) is 0 Å². The van der Waals surface area contributed by atoms with E-state index in [4.69, 9.17) is 5.73 Å². The predicted octanol–water partition coefficient (Wildman–Crippen LogP) is 2.93. The number of halogens is 1. The fourth-order valence-corrected chi connectivity index (χ4v) is 2.16. The summed E-state index contributed by atoms with van der Waals surface area (Å²) in [6.45, 7) is 2.00. The smallest absolute Gasteiger partial charge is 0.146 e. The van der Waals surface area contributed by atoms with E-state index >= 15 is 0 Å². The summed E-state index contributed by atoms with van der Waals surface area (Å²) in [6.07, 6.45) is 0. The Bertz CT molecular complexity index is 394. The maximum Gasteiger partial charge on any atom is 0.146 e. The van der Waals surface area contributed by atoms with Crippen LogP contribution in [0.5, 0.6) is 0 Å². The van der Waals surface area contributed by atoms with Gasteiger partial charge in [0.05, 0.1) is 5.69 Å². The summed E-state index contributed by atoms with van der Waals surface area (Å²) >= 11 is 1.63. The first-order valence-electron chi connectivity index (χ1n) is 3.62. The summed E-state index contributed by atoms with van der Waals surface area (Å²) in [6, 6.07) is 5.12. The molecule has 2 N–H and O–H groups in total. The molecule has 0 spiro atoms. The van der Waals surface area contributed by atoms with Gasteiger partial charge >= 0.3 is 0 Å². The van der Waals surface area contributed by atoms with Gasteiger partial charge < -0.3 is 5.73 Å². The monoisotopic (exact) mass is 181 g/mol. The van der Waals surface area contributed by atoms with Gasteiger partial charge in [-0.1, -0.05) is 0 Å². The van der Waals surface area contributed by atoms with E-state index in [1.807, 2.05) is 13.0 Å². The number of rotatable bonds is 0. The topological polar surface area (TPSA) is 26.0 Å². The molecule has 2 aromatic rings. The lowest BCUT2D eigenvalue weighted by Gasteiger charge is -1.94. The van der Waals surface area contributed by atoms with E-state index in [9.17, 15) is 4.39 Å². The van der Waals surface area contributed by atoms with Gasteiger partial charge in [-0.15, -0.1) is 11.3 Å². The van der Waals surface area contributed by atoms with E-state index in [1.165, 1.54) is 10.9 Å². The third kappa shape index (κ3) is 1.06. The van der Waals surface area contributed by atoms with Crippen LogP contribution in [0.2, 0.25) is 0 Å². The largest absolute Gasteiger partial charge is 0.396 e. The molecule has 0 aliphatic heterocycles. The van der Waals surface area contributed by atoms with Gasteiger partial charge in [0, 0.05) is 9.58 Å². The quantitative estimate of drug-likeness (QED) is 0.621. The second-order valence-corrected chi connectivity index (χ2v) is 4.06. The average Bonchev–Trinajstić information content (AvgIpc) is 2.30. The Morgan fingerprint density at radius 1 is 1.33 bits per heavy atom. The first-order chi connectivity index (χ1) is 5.66. The lowest BCUT2D eigenvalue weighted by Crippen LogP contribution is -1.88. The molecule has 12 heavy (non-hydrogen) atoms. The molecule has 3 heteroatoms. The second kappa shape index (κ2) is 2.45. The van der Waals surface area contributed by atoms with Crippen molar-refractivity contribution in [2.45, 2.75) is 6.92 Å². The summed E-state index contributed by atoms with van der Waals surface area (Å²) < 4.78 is 14.0. The number of nitrogen functional groups attached to an aromatic ring is 1. The van der Waals surface area contributed by atoms with E-state index in [2.05, 4.69) is 0 Å². The number of benzene rings is 1. The highest BCUT2D eigenvalue weighted by atomic mass is 32.1. The molecule has 0 bridgehead atoms. The van der Waals surface area contributed by atoms with E-state index in [-0.39, 0.29) is 11.5 Å². The standard InChI is InChI=1S/C9H8FNS/c1-5-2-6-3-7(10)8(11)4-9(6)12-5/h2-4H,11H2,1H3. The van der Waals surface area contributed by atoms with Crippen molar-refractivity contribution in [3.63, 3.8) is 0 Å². The number of hydrogen-bond acceptors (Lipinski definition) is 2. The molecule has 0 aliphatic rings. The molecule has 1 nitrogen and oxygen atoms in total. The highest BCUT2D eigenvalue weighted by Crippen LogP contribution is 2.28. The van der Waals surface area contributed by atoms with E-state index in [0.717, 1.165) is 10.1 Å². The molecule has 0 unspecified atom stereocenters. The van der Waals surface area contributed by atoms with Crippen molar-refractivity contribution >= 4 is 27.1 Å². The zero-order valence-corrected chi connectivity index (χ0v) is 7.41. The highest BCUT2D eigenvalue weighted by Gasteiger charge is 2.03. The van der Waals surface area contributed by atoms with Crippen molar-refractivity contribution < 1.29 is 4.39 Å². The molecule has 1 heterocycles. The maximum absolute atomic E-state index is 12.9. The van der Waals surface area contributed by atoms with E-state index in [1.54, 1.807) is 17.4 Å². The van der Waals surface area contributed by atoms with Gasteiger partial charge in [-0.05, 0) is 30.5 Å². The van der Waals surface area contributed by atoms with Crippen molar-refractivity contribution in [2.24, 2.45) is 0 Å². The lowest BCUT2D eigenvalue weighted by atomic mass is 10.2. The average molecular weight is 181 g/mol. The SMILES string of the molecule is Cc1cc2cc(F)c(N)cc2s1. The van der Waals surface area contributed by atoms with Crippen LogP contribution in [-0.2, 0) is 0 Å². The maximum atomic E-state index is 12.9. The van der Waals surface area contributed by atoms with Gasteiger partial charge in [-0.3, -0.25) is 0 Å². The zero-order chi connectivity index (χ0) is 8.72. The van der Waals surface area contributed by atoms with Crippen molar-refractivity contribution in [3.05, 3.63) is 28.9 Å². The molecular formula is C9H8FNS. The molecule has 0 saturated carbocycles. The molecule has 0 amide bonds. The van der Waals surface area contributed by atoms with Crippen LogP contribution in [0.1, 0.15) is 4.88 Å². The van der Waals surface area contributed by atoms with Crippen LogP contribution in [-0.4, -0.2) is 0 Å². The summed E-state index contributed by atoms with van der Waals surface area (Å²) in [5, 5.41) is 0.934. The van der Waals surface area contributed by atoms with Crippen LogP contribution in [0.25, 0.3) is 10.1 Å². The van der Waals surface area contributed by atoms with Crippen LogP contribution in [0.15, 0.2) is 18.2 Å². The molecular weight excluding hydrogens is 173 g/mol. The molecule has 0 aliphatic carbocycles. The number of fused-ring (bicyclic) bond motifs is 1.